The van der Waals surface area contributed by atoms with Crippen molar-refractivity contribution >= 4 is 23.2 Å². The van der Waals surface area contributed by atoms with Crippen molar-refractivity contribution < 1.29 is 13.9 Å². The molecule has 1 aromatic carbocycles. The summed E-state index contributed by atoms with van der Waals surface area (Å²) >= 11 is 1.42. The van der Waals surface area contributed by atoms with Crippen LogP contribution in [-0.4, -0.2) is 36.5 Å². The fourth-order valence-corrected chi connectivity index (χ4v) is 4.13. The average Bonchev–Trinajstić information content (AvgIpc) is 3.15. The maximum Gasteiger partial charge on any atom is 0.260 e. The van der Waals surface area contributed by atoms with Crippen LogP contribution < -0.4 is 5.32 Å². The van der Waals surface area contributed by atoms with Gasteiger partial charge in [-0.1, -0.05) is 6.07 Å². The fourth-order valence-electron chi connectivity index (χ4n) is 3.07. The standard InChI is InChI=1S/C19H19FN4O2S/c1-4-26-16-17(25)24(3)18(22)23-19(16,2)15-8-13(10-27-15)11-5-6-14(20)12(7-11)9-21/h5-8,10,16H,4H2,1-3H3,(H2,22,23)/t16?,19-/m1/s1. The van der Waals surface area contributed by atoms with Crippen LogP contribution in [0.2, 0.25) is 0 Å². The number of benzene rings is 1. The molecule has 140 valence electrons. The molecule has 2 N–H and O–H groups in total. The summed E-state index contributed by atoms with van der Waals surface area (Å²) in [5, 5.41) is 22.1. The Morgan fingerprint density at radius 3 is 2.85 bits per heavy atom. The summed E-state index contributed by atoms with van der Waals surface area (Å²) in [5.41, 5.74) is 0.592. The van der Waals surface area contributed by atoms with Crippen LogP contribution in [0.15, 0.2) is 29.6 Å². The molecule has 1 unspecified atom stereocenters. The van der Waals surface area contributed by atoms with E-state index in [4.69, 9.17) is 15.4 Å². The van der Waals surface area contributed by atoms with Gasteiger partial charge in [-0.05, 0) is 48.6 Å². The van der Waals surface area contributed by atoms with Gasteiger partial charge in [0, 0.05) is 18.5 Å². The molecular weight excluding hydrogens is 367 g/mol. The summed E-state index contributed by atoms with van der Waals surface area (Å²) in [6.45, 7) is 4.00. The first-order chi connectivity index (χ1) is 12.8. The van der Waals surface area contributed by atoms with Crippen molar-refractivity contribution in [3.8, 4) is 17.2 Å². The topological polar surface area (TPSA) is 89.2 Å². The molecule has 0 radical (unpaired) electrons. The number of guanidine groups is 1. The van der Waals surface area contributed by atoms with Crippen LogP contribution in [-0.2, 0) is 15.1 Å². The van der Waals surface area contributed by atoms with E-state index in [1.54, 1.807) is 6.07 Å². The number of amides is 1. The summed E-state index contributed by atoms with van der Waals surface area (Å²) in [6.07, 6.45) is -0.781. The summed E-state index contributed by atoms with van der Waals surface area (Å²) in [4.78, 5) is 14.7. The second-order valence-electron chi connectivity index (χ2n) is 6.41. The number of rotatable bonds is 4. The first-order valence-corrected chi connectivity index (χ1v) is 9.24. The molecule has 0 saturated carbocycles. The molecule has 1 aliphatic heterocycles. The van der Waals surface area contributed by atoms with E-state index in [0.29, 0.717) is 12.2 Å². The fraction of sp³-hybridized carbons (Fsp3) is 0.316. The van der Waals surface area contributed by atoms with Gasteiger partial charge in [0.25, 0.3) is 5.91 Å². The van der Waals surface area contributed by atoms with E-state index < -0.39 is 17.5 Å². The molecule has 1 saturated heterocycles. The first-order valence-electron chi connectivity index (χ1n) is 8.36. The minimum Gasteiger partial charge on any atom is -0.366 e. The zero-order chi connectivity index (χ0) is 19.8. The number of ether oxygens (including phenoxy) is 1. The molecule has 3 rings (SSSR count). The monoisotopic (exact) mass is 386 g/mol. The van der Waals surface area contributed by atoms with Crippen molar-refractivity contribution in [2.75, 3.05) is 13.7 Å². The van der Waals surface area contributed by atoms with Crippen LogP contribution in [0.3, 0.4) is 0 Å². The molecule has 1 aliphatic rings. The molecule has 2 aromatic rings. The minimum absolute atomic E-state index is 0.00181. The quantitative estimate of drug-likeness (QED) is 0.845. The van der Waals surface area contributed by atoms with Gasteiger partial charge in [-0.2, -0.15) is 5.26 Å². The Balaban J connectivity index is 2.02. The summed E-state index contributed by atoms with van der Waals surface area (Å²) in [5.74, 6) is -0.843. The van der Waals surface area contributed by atoms with Crippen molar-refractivity contribution in [1.82, 2.24) is 10.2 Å². The normalized spacial score (nSPS) is 22.5. The van der Waals surface area contributed by atoms with Gasteiger partial charge in [0.2, 0.25) is 0 Å². The SMILES string of the molecule is CCOC1C(=O)N(C)C(=N)N[C@]1(C)c1cc(-c2ccc(F)c(C#N)c2)cs1. The molecule has 27 heavy (non-hydrogen) atoms. The van der Waals surface area contributed by atoms with Gasteiger partial charge in [0.15, 0.2) is 12.1 Å². The van der Waals surface area contributed by atoms with E-state index in [9.17, 15) is 9.18 Å². The number of carbonyl (C=O) groups is 1. The summed E-state index contributed by atoms with van der Waals surface area (Å²) in [6, 6.07) is 8.10. The number of halogens is 1. The lowest BCUT2D eigenvalue weighted by atomic mass is 9.88. The van der Waals surface area contributed by atoms with E-state index in [2.05, 4.69) is 5.32 Å². The largest absolute Gasteiger partial charge is 0.366 e. The Morgan fingerprint density at radius 2 is 2.19 bits per heavy atom. The van der Waals surface area contributed by atoms with Gasteiger partial charge in [-0.3, -0.25) is 15.1 Å². The number of hydrogen-bond donors (Lipinski definition) is 2. The summed E-state index contributed by atoms with van der Waals surface area (Å²) in [7, 11) is 1.53. The predicted molar refractivity (Wildman–Crippen MR) is 101 cm³/mol. The Hall–Kier alpha value is -2.76. The van der Waals surface area contributed by atoms with E-state index in [1.807, 2.05) is 31.4 Å². The van der Waals surface area contributed by atoms with Crippen LogP contribution in [0.4, 0.5) is 4.39 Å². The predicted octanol–water partition coefficient (Wildman–Crippen LogP) is 3.04. The van der Waals surface area contributed by atoms with E-state index in [0.717, 1.165) is 10.4 Å². The lowest BCUT2D eigenvalue weighted by molar-refractivity contribution is -0.147. The number of carbonyl (C=O) groups excluding carboxylic acids is 1. The number of nitriles is 1. The number of nitrogens with one attached hydrogen (secondary N) is 2. The zero-order valence-corrected chi connectivity index (χ0v) is 16.0. The Morgan fingerprint density at radius 1 is 1.44 bits per heavy atom. The molecule has 2 heterocycles. The molecular formula is C19H19FN4O2S. The lowest BCUT2D eigenvalue weighted by Crippen LogP contribution is -2.67. The van der Waals surface area contributed by atoms with Gasteiger partial charge in [-0.15, -0.1) is 11.3 Å². The van der Waals surface area contributed by atoms with Gasteiger partial charge in [0.1, 0.15) is 17.4 Å². The summed E-state index contributed by atoms with van der Waals surface area (Å²) < 4.78 is 19.3. The third-order valence-corrected chi connectivity index (χ3v) is 5.83. The molecule has 6 nitrogen and oxygen atoms in total. The Kier molecular flexibility index (Phi) is 5.00. The highest BCUT2D eigenvalue weighted by atomic mass is 32.1. The highest BCUT2D eigenvalue weighted by molar-refractivity contribution is 7.10. The second-order valence-corrected chi connectivity index (χ2v) is 7.33. The smallest absolute Gasteiger partial charge is 0.260 e. The number of likely N-dealkylation sites (N-methyl/N-ethyl adjacent to an activating group) is 1. The van der Waals surface area contributed by atoms with Crippen LogP contribution >= 0.6 is 11.3 Å². The molecule has 1 fully saturated rings. The highest BCUT2D eigenvalue weighted by Gasteiger charge is 2.49. The minimum atomic E-state index is -0.905. The maximum atomic E-state index is 13.6. The second kappa shape index (κ2) is 7.10. The van der Waals surface area contributed by atoms with Crippen molar-refractivity contribution in [2.45, 2.75) is 25.5 Å². The van der Waals surface area contributed by atoms with Gasteiger partial charge >= 0.3 is 0 Å². The molecule has 8 heteroatoms. The van der Waals surface area contributed by atoms with Crippen LogP contribution in [0, 0.1) is 22.6 Å². The van der Waals surface area contributed by atoms with E-state index >= 15 is 0 Å². The van der Waals surface area contributed by atoms with E-state index in [1.165, 1.54) is 35.4 Å². The molecule has 0 bridgehead atoms. The number of nitrogens with zero attached hydrogens (tertiary/aromatic N) is 2. The van der Waals surface area contributed by atoms with Crippen molar-refractivity contribution in [3.63, 3.8) is 0 Å². The van der Waals surface area contributed by atoms with Gasteiger partial charge < -0.3 is 10.1 Å². The molecule has 0 spiro atoms. The Labute approximate surface area is 160 Å². The van der Waals surface area contributed by atoms with Crippen molar-refractivity contribution in [2.24, 2.45) is 0 Å². The lowest BCUT2D eigenvalue weighted by Gasteiger charge is -2.44. The van der Waals surface area contributed by atoms with Crippen LogP contribution in [0.25, 0.3) is 11.1 Å². The molecule has 0 aliphatic carbocycles. The van der Waals surface area contributed by atoms with Crippen LogP contribution in [0.5, 0.6) is 0 Å². The number of thiophene rings is 1. The van der Waals surface area contributed by atoms with Gasteiger partial charge in [-0.25, -0.2) is 4.39 Å². The first kappa shape index (κ1) is 19.0. The molecule has 1 amide bonds. The van der Waals surface area contributed by atoms with Gasteiger partial charge in [0.05, 0.1) is 5.56 Å². The molecule has 2 atom stereocenters. The third kappa shape index (κ3) is 3.20. The van der Waals surface area contributed by atoms with E-state index in [-0.39, 0.29) is 17.4 Å². The van der Waals surface area contributed by atoms with Crippen LogP contribution in [0.1, 0.15) is 24.3 Å². The third-order valence-electron chi connectivity index (χ3n) is 4.66. The van der Waals surface area contributed by atoms with Crippen molar-refractivity contribution in [3.05, 3.63) is 45.9 Å². The zero-order valence-electron chi connectivity index (χ0n) is 15.2. The maximum absolute atomic E-state index is 13.6. The van der Waals surface area contributed by atoms with Crippen molar-refractivity contribution in [1.29, 1.82) is 10.7 Å². The number of hydrogen-bond acceptors (Lipinski definition) is 5. The molecule has 1 aromatic heterocycles. The average molecular weight is 386 g/mol. The highest BCUT2D eigenvalue weighted by Crippen LogP contribution is 2.38. The Bertz CT molecular complexity index is 951.